The van der Waals surface area contributed by atoms with Crippen LogP contribution in [-0.4, -0.2) is 0 Å². The summed E-state index contributed by atoms with van der Waals surface area (Å²) in [6, 6.07) is 19.5. The Morgan fingerprint density at radius 3 is 2.12 bits per heavy atom. The van der Waals surface area contributed by atoms with E-state index in [0.29, 0.717) is 0 Å². The minimum absolute atomic E-state index is 0.0826. The maximum atomic E-state index is 8.81. The third-order valence-corrected chi connectivity index (χ3v) is 2.55. The molecule has 1 atom stereocenters. The molecule has 84 valence electrons. The number of nitrogens with zero attached hydrogens (tertiary/aromatic N) is 1. The van der Waals surface area contributed by atoms with Gasteiger partial charge in [0.1, 0.15) is 11.5 Å². The second-order valence-electron chi connectivity index (χ2n) is 3.83. The highest BCUT2D eigenvalue weighted by Gasteiger charge is 2.03. The van der Waals surface area contributed by atoms with E-state index < -0.39 is 0 Å². The van der Waals surface area contributed by atoms with Gasteiger partial charge in [0.05, 0.1) is 12.0 Å². The lowest BCUT2D eigenvalue weighted by Gasteiger charge is -2.07. The van der Waals surface area contributed by atoms with E-state index in [9.17, 15) is 0 Å². The molecule has 2 nitrogen and oxygen atoms in total. The first kappa shape index (κ1) is 11.2. The molecule has 0 saturated carbocycles. The smallest absolute Gasteiger partial charge is 0.127 e. The van der Waals surface area contributed by atoms with Crippen LogP contribution in [0.5, 0.6) is 11.5 Å². The Morgan fingerprint density at radius 1 is 0.941 bits per heavy atom. The molecule has 0 spiro atoms. The lowest BCUT2D eigenvalue weighted by atomic mass is 10.0. The fourth-order valence-electron chi connectivity index (χ4n) is 1.52. The van der Waals surface area contributed by atoms with Crippen molar-refractivity contribution in [2.75, 3.05) is 0 Å². The molecule has 0 radical (unpaired) electrons. The molecular weight excluding hydrogens is 210 g/mol. The van der Waals surface area contributed by atoms with Crippen LogP contribution in [-0.2, 0) is 0 Å². The first-order valence-electron chi connectivity index (χ1n) is 5.52. The normalized spacial score (nSPS) is 11.5. The van der Waals surface area contributed by atoms with Gasteiger partial charge in [-0.1, -0.05) is 30.3 Å². The molecule has 0 aliphatic heterocycles. The summed E-state index contributed by atoms with van der Waals surface area (Å²) in [4.78, 5) is 0. The van der Waals surface area contributed by atoms with Crippen LogP contribution in [0.2, 0.25) is 0 Å². The highest BCUT2D eigenvalue weighted by Crippen LogP contribution is 2.23. The van der Waals surface area contributed by atoms with Gasteiger partial charge in [0.15, 0.2) is 0 Å². The average molecular weight is 223 g/mol. The fraction of sp³-hybridized carbons (Fsp3) is 0.133. The van der Waals surface area contributed by atoms with Crippen LogP contribution < -0.4 is 4.74 Å². The summed E-state index contributed by atoms with van der Waals surface area (Å²) in [5, 5.41) is 8.81. The first-order chi connectivity index (χ1) is 8.29. The van der Waals surface area contributed by atoms with Crippen LogP contribution >= 0.6 is 0 Å². The van der Waals surface area contributed by atoms with Gasteiger partial charge >= 0.3 is 0 Å². The average Bonchev–Trinajstić information content (AvgIpc) is 2.40. The molecule has 2 aromatic carbocycles. The van der Waals surface area contributed by atoms with Gasteiger partial charge in [-0.25, -0.2) is 0 Å². The van der Waals surface area contributed by atoms with Gasteiger partial charge < -0.3 is 4.74 Å². The minimum atomic E-state index is -0.0826. The van der Waals surface area contributed by atoms with E-state index in [0.717, 1.165) is 17.1 Å². The van der Waals surface area contributed by atoms with Crippen molar-refractivity contribution in [1.29, 1.82) is 5.26 Å². The summed E-state index contributed by atoms with van der Waals surface area (Å²) in [7, 11) is 0. The summed E-state index contributed by atoms with van der Waals surface area (Å²) < 4.78 is 5.66. The lowest BCUT2D eigenvalue weighted by molar-refractivity contribution is 0.482. The first-order valence-corrected chi connectivity index (χ1v) is 5.52. The third kappa shape index (κ3) is 2.85. The maximum absolute atomic E-state index is 8.81. The van der Waals surface area contributed by atoms with Crippen LogP contribution in [0.1, 0.15) is 18.4 Å². The molecule has 0 heterocycles. The molecule has 2 heteroatoms. The summed E-state index contributed by atoms with van der Waals surface area (Å²) in [5.41, 5.74) is 1.01. The highest BCUT2D eigenvalue weighted by molar-refractivity contribution is 5.35. The SMILES string of the molecule is C[C@@H](C#N)c1ccc(Oc2ccccc2)cc1. The molecule has 0 unspecified atom stereocenters. The van der Waals surface area contributed by atoms with Crippen molar-refractivity contribution in [3.8, 4) is 17.6 Å². The zero-order valence-electron chi connectivity index (χ0n) is 9.63. The van der Waals surface area contributed by atoms with Gasteiger partial charge in [0.2, 0.25) is 0 Å². The zero-order valence-corrected chi connectivity index (χ0v) is 9.63. The fourth-order valence-corrected chi connectivity index (χ4v) is 1.52. The van der Waals surface area contributed by atoms with Crippen molar-refractivity contribution >= 4 is 0 Å². The second kappa shape index (κ2) is 5.18. The molecule has 0 amide bonds. The van der Waals surface area contributed by atoms with Crippen molar-refractivity contribution in [1.82, 2.24) is 0 Å². The minimum Gasteiger partial charge on any atom is -0.457 e. The number of ether oxygens (including phenoxy) is 1. The van der Waals surface area contributed by atoms with Crippen molar-refractivity contribution in [2.45, 2.75) is 12.8 Å². The Labute approximate surface area is 101 Å². The molecule has 0 N–H and O–H groups in total. The topological polar surface area (TPSA) is 33.0 Å². The van der Waals surface area contributed by atoms with Crippen LogP contribution in [0.25, 0.3) is 0 Å². The van der Waals surface area contributed by atoms with Gasteiger partial charge in [-0.05, 0) is 36.8 Å². The number of hydrogen-bond donors (Lipinski definition) is 0. The zero-order chi connectivity index (χ0) is 12.1. The maximum Gasteiger partial charge on any atom is 0.127 e. The van der Waals surface area contributed by atoms with Crippen molar-refractivity contribution in [3.05, 3.63) is 60.2 Å². The van der Waals surface area contributed by atoms with Crippen LogP contribution in [0.15, 0.2) is 54.6 Å². The van der Waals surface area contributed by atoms with E-state index in [1.54, 1.807) is 0 Å². The lowest BCUT2D eigenvalue weighted by Crippen LogP contribution is -1.89. The predicted molar refractivity (Wildman–Crippen MR) is 67.0 cm³/mol. The van der Waals surface area contributed by atoms with Crippen LogP contribution in [0.4, 0.5) is 0 Å². The van der Waals surface area contributed by atoms with E-state index in [1.165, 1.54) is 0 Å². The van der Waals surface area contributed by atoms with E-state index in [2.05, 4.69) is 6.07 Å². The standard InChI is InChI=1S/C15H13NO/c1-12(11-16)13-7-9-15(10-8-13)17-14-5-3-2-4-6-14/h2-10,12H,1H3/t12-/m0/s1. The van der Waals surface area contributed by atoms with Gasteiger partial charge in [-0.15, -0.1) is 0 Å². The largest absolute Gasteiger partial charge is 0.457 e. The predicted octanol–water partition coefficient (Wildman–Crippen LogP) is 4.11. The quantitative estimate of drug-likeness (QED) is 0.784. The molecule has 0 saturated heterocycles. The van der Waals surface area contributed by atoms with Crippen LogP contribution in [0.3, 0.4) is 0 Å². The van der Waals surface area contributed by atoms with Crippen molar-refractivity contribution in [3.63, 3.8) is 0 Å². The molecule has 2 rings (SSSR count). The number of para-hydroxylation sites is 1. The Hall–Kier alpha value is -2.27. The summed E-state index contributed by atoms with van der Waals surface area (Å²) >= 11 is 0. The monoisotopic (exact) mass is 223 g/mol. The molecule has 0 fully saturated rings. The Bertz CT molecular complexity index is 511. The molecule has 0 aliphatic rings. The summed E-state index contributed by atoms with van der Waals surface area (Å²) in [5.74, 6) is 1.51. The molecular formula is C15H13NO. The number of hydrogen-bond acceptors (Lipinski definition) is 2. The molecule has 0 aliphatic carbocycles. The van der Waals surface area contributed by atoms with Crippen molar-refractivity contribution < 1.29 is 4.74 Å². The van der Waals surface area contributed by atoms with E-state index >= 15 is 0 Å². The molecule has 0 bridgehead atoms. The molecule has 0 aromatic heterocycles. The Kier molecular flexibility index (Phi) is 3.42. The van der Waals surface area contributed by atoms with Gasteiger partial charge in [0.25, 0.3) is 0 Å². The van der Waals surface area contributed by atoms with E-state index in [4.69, 9.17) is 10.00 Å². The van der Waals surface area contributed by atoms with E-state index in [-0.39, 0.29) is 5.92 Å². The van der Waals surface area contributed by atoms with Gasteiger partial charge in [-0.2, -0.15) is 5.26 Å². The molecule has 2 aromatic rings. The van der Waals surface area contributed by atoms with Gasteiger partial charge in [-0.3, -0.25) is 0 Å². The van der Waals surface area contributed by atoms with Gasteiger partial charge in [0, 0.05) is 0 Å². The summed E-state index contributed by atoms with van der Waals surface area (Å²) in [6.07, 6.45) is 0. The molecule has 17 heavy (non-hydrogen) atoms. The Balaban J connectivity index is 2.12. The van der Waals surface area contributed by atoms with Crippen molar-refractivity contribution in [2.24, 2.45) is 0 Å². The number of benzene rings is 2. The number of nitriles is 1. The highest BCUT2D eigenvalue weighted by atomic mass is 16.5. The Morgan fingerprint density at radius 2 is 1.53 bits per heavy atom. The van der Waals surface area contributed by atoms with Crippen LogP contribution in [0, 0.1) is 11.3 Å². The second-order valence-corrected chi connectivity index (χ2v) is 3.83. The van der Waals surface area contributed by atoms with E-state index in [1.807, 2.05) is 61.5 Å². The third-order valence-electron chi connectivity index (χ3n) is 2.55. The number of rotatable bonds is 3. The summed E-state index contributed by atoms with van der Waals surface area (Å²) in [6.45, 7) is 1.88.